The molecule has 0 spiro atoms. The molecule has 5 heavy (non-hydrogen) atoms. The summed E-state index contributed by atoms with van der Waals surface area (Å²) in [5.41, 5.74) is 0. The van der Waals surface area contributed by atoms with Crippen LogP contribution in [0, 0.1) is 0 Å². The molecule has 2 heteroatoms. The molecule has 1 nitrogen and oxygen atoms in total. The quantitative estimate of drug-likeness (QED) is 0.513. The van der Waals surface area contributed by atoms with Gasteiger partial charge < -0.3 is 4.74 Å². The van der Waals surface area contributed by atoms with Crippen molar-refractivity contribution in [3.63, 3.8) is 0 Å². The Kier molecular flexibility index (Phi) is 0.804. The van der Waals surface area contributed by atoms with Gasteiger partial charge in [0.25, 0.3) is 0 Å². The minimum Gasteiger partial charge on any atom is -0.495 e. The predicted molar refractivity (Wildman–Crippen MR) is 28.1 cm³/mol. The maximum absolute atomic E-state index is 4.66. The van der Waals surface area contributed by atoms with Crippen LogP contribution in [0.2, 0.25) is 0 Å². The summed E-state index contributed by atoms with van der Waals surface area (Å²) in [7, 11) is 0. The van der Waals surface area contributed by atoms with Gasteiger partial charge in [0.05, 0.1) is 9.84 Å². The second kappa shape index (κ2) is 1.16. The van der Waals surface area contributed by atoms with Gasteiger partial charge in [0.15, 0.2) is 0 Å². The Morgan fingerprint density at radius 2 is 2.40 bits per heavy atom. The van der Waals surface area contributed by atoms with Crippen molar-refractivity contribution in [2.75, 3.05) is 6.61 Å². The highest BCUT2D eigenvalue weighted by Gasteiger charge is 1.97. The van der Waals surface area contributed by atoms with Crippen molar-refractivity contribution in [3.05, 3.63) is 9.84 Å². The molecule has 1 aliphatic heterocycles. The molecule has 0 aromatic heterocycles. The minimum atomic E-state index is 0.834. The standard InChI is InChI=1S/C3H3IO/c4-3-1-5-2-3/h1H,2H2. The van der Waals surface area contributed by atoms with Crippen LogP contribution >= 0.6 is 22.6 Å². The first kappa shape index (κ1) is 3.46. The Labute approximate surface area is 44.1 Å². The van der Waals surface area contributed by atoms with Gasteiger partial charge in [-0.05, 0) is 22.6 Å². The third-order valence-corrected chi connectivity index (χ3v) is 0.998. The highest BCUT2D eigenvalue weighted by Crippen LogP contribution is 2.13. The molecule has 28 valence electrons. The van der Waals surface area contributed by atoms with Gasteiger partial charge in [0, 0.05) is 0 Å². The first-order valence-electron chi connectivity index (χ1n) is 1.36. The fraction of sp³-hybridized carbons (Fsp3) is 0.333. The van der Waals surface area contributed by atoms with Crippen LogP contribution in [0.5, 0.6) is 0 Å². The lowest BCUT2D eigenvalue weighted by atomic mass is 10.6. The molecule has 0 aromatic rings. The van der Waals surface area contributed by atoms with Gasteiger partial charge in [-0.1, -0.05) is 0 Å². The van der Waals surface area contributed by atoms with Gasteiger partial charge in [-0.15, -0.1) is 0 Å². The van der Waals surface area contributed by atoms with Gasteiger partial charge in [-0.3, -0.25) is 0 Å². The number of rotatable bonds is 0. The van der Waals surface area contributed by atoms with Gasteiger partial charge in [-0.25, -0.2) is 0 Å². The molecule has 0 saturated heterocycles. The van der Waals surface area contributed by atoms with E-state index in [-0.39, 0.29) is 0 Å². The highest BCUT2D eigenvalue weighted by atomic mass is 127. The van der Waals surface area contributed by atoms with Gasteiger partial charge in [0.1, 0.15) is 6.61 Å². The van der Waals surface area contributed by atoms with E-state index in [4.69, 9.17) is 0 Å². The Morgan fingerprint density at radius 3 is 2.40 bits per heavy atom. The summed E-state index contributed by atoms with van der Waals surface area (Å²) < 4.78 is 5.97. The monoisotopic (exact) mass is 182 g/mol. The number of hydrogen-bond acceptors (Lipinski definition) is 1. The van der Waals surface area contributed by atoms with E-state index in [1.165, 1.54) is 3.58 Å². The molecule has 0 fully saturated rings. The SMILES string of the molecule is IC1=COC1. The molecule has 1 rings (SSSR count). The normalized spacial score (nSPS) is 19.0. The van der Waals surface area contributed by atoms with Crippen molar-refractivity contribution in [1.29, 1.82) is 0 Å². The summed E-state index contributed by atoms with van der Waals surface area (Å²) in [4.78, 5) is 0. The van der Waals surface area contributed by atoms with Crippen molar-refractivity contribution in [3.8, 4) is 0 Å². The average molecular weight is 182 g/mol. The summed E-state index contributed by atoms with van der Waals surface area (Å²) in [6.45, 7) is 0.834. The molecular formula is C3H3IO. The third-order valence-electron chi connectivity index (χ3n) is 0.432. The number of hydrogen-bond donors (Lipinski definition) is 0. The van der Waals surface area contributed by atoms with Crippen LogP contribution in [0.25, 0.3) is 0 Å². The largest absolute Gasteiger partial charge is 0.495 e. The van der Waals surface area contributed by atoms with Crippen LogP contribution < -0.4 is 0 Å². The second-order valence-electron chi connectivity index (χ2n) is 0.876. The first-order chi connectivity index (χ1) is 2.39. The lowest BCUT2D eigenvalue weighted by Crippen LogP contribution is -1.96. The van der Waals surface area contributed by atoms with E-state index in [2.05, 4.69) is 27.3 Å². The predicted octanol–water partition coefficient (Wildman–Crippen LogP) is 1.29. The smallest absolute Gasteiger partial charge is 0.121 e. The fourth-order valence-electron chi connectivity index (χ4n) is 0.146. The van der Waals surface area contributed by atoms with Gasteiger partial charge in [0.2, 0.25) is 0 Å². The van der Waals surface area contributed by atoms with Crippen molar-refractivity contribution in [2.45, 2.75) is 0 Å². The summed E-state index contributed by atoms with van der Waals surface area (Å²) in [6, 6.07) is 0. The highest BCUT2D eigenvalue weighted by molar-refractivity contribution is 14.1. The molecule has 0 unspecified atom stereocenters. The van der Waals surface area contributed by atoms with Crippen LogP contribution in [0.1, 0.15) is 0 Å². The van der Waals surface area contributed by atoms with E-state index in [0.717, 1.165) is 6.61 Å². The Morgan fingerprint density at radius 1 is 2.00 bits per heavy atom. The van der Waals surface area contributed by atoms with E-state index in [1.807, 2.05) is 0 Å². The summed E-state index contributed by atoms with van der Waals surface area (Å²) in [5.74, 6) is 0. The molecule has 0 amide bonds. The van der Waals surface area contributed by atoms with Crippen molar-refractivity contribution in [1.82, 2.24) is 0 Å². The zero-order valence-electron chi connectivity index (χ0n) is 2.57. The van der Waals surface area contributed by atoms with Crippen molar-refractivity contribution >= 4 is 22.6 Å². The summed E-state index contributed by atoms with van der Waals surface area (Å²) >= 11 is 2.23. The Hall–Kier alpha value is 0.270. The zero-order chi connectivity index (χ0) is 3.70. The van der Waals surface area contributed by atoms with E-state index in [9.17, 15) is 0 Å². The van der Waals surface area contributed by atoms with E-state index in [1.54, 1.807) is 6.26 Å². The molecule has 1 aliphatic rings. The molecular weight excluding hydrogens is 179 g/mol. The lowest BCUT2D eigenvalue weighted by Gasteiger charge is -2.06. The van der Waals surface area contributed by atoms with Gasteiger partial charge in [-0.2, -0.15) is 0 Å². The maximum atomic E-state index is 4.66. The van der Waals surface area contributed by atoms with Crippen molar-refractivity contribution in [2.24, 2.45) is 0 Å². The molecule has 0 aromatic carbocycles. The molecule has 0 saturated carbocycles. The molecule has 0 aliphatic carbocycles. The van der Waals surface area contributed by atoms with Crippen LogP contribution in [0.3, 0.4) is 0 Å². The average Bonchev–Trinajstić information content (AvgIpc) is 1.30. The summed E-state index contributed by atoms with van der Waals surface area (Å²) in [5, 5.41) is 0. The topological polar surface area (TPSA) is 9.23 Å². The van der Waals surface area contributed by atoms with Crippen LogP contribution in [-0.4, -0.2) is 6.61 Å². The molecule has 1 heterocycles. The Bertz CT molecular complexity index is 67.3. The van der Waals surface area contributed by atoms with Crippen molar-refractivity contribution < 1.29 is 4.74 Å². The van der Waals surface area contributed by atoms with Crippen LogP contribution in [0.15, 0.2) is 9.84 Å². The van der Waals surface area contributed by atoms with Gasteiger partial charge >= 0.3 is 0 Å². The number of ether oxygens (including phenoxy) is 1. The number of halogens is 1. The second-order valence-corrected chi connectivity index (χ2v) is 2.26. The van der Waals surface area contributed by atoms with Crippen LogP contribution in [0.4, 0.5) is 0 Å². The first-order valence-corrected chi connectivity index (χ1v) is 2.43. The molecule has 0 atom stereocenters. The minimum absolute atomic E-state index is 0.834. The Balaban J connectivity index is 2.51. The maximum Gasteiger partial charge on any atom is 0.121 e. The summed E-state index contributed by atoms with van der Waals surface area (Å²) in [6.07, 6.45) is 1.75. The van der Waals surface area contributed by atoms with Crippen LogP contribution in [-0.2, 0) is 4.74 Å². The van der Waals surface area contributed by atoms with E-state index in [0.29, 0.717) is 0 Å². The molecule has 0 N–H and O–H groups in total. The lowest BCUT2D eigenvalue weighted by molar-refractivity contribution is 0.240. The van der Waals surface area contributed by atoms with E-state index >= 15 is 0 Å². The molecule has 0 radical (unpaired) electrons. The zero-order valence-corrected chi connectivity index (χ0v) is 4.73. The fourth-order valence-corrected chi connectivity index (χ4v) is 0.506. The van der Waals surface area contributed by atoms with E-state index < -0.39 is 0 Å². The third kappa shape index (κ3) is 0.560. The molecule has 0 bridgehead atoms.